The molecule has 1 amide bonds. The number of hydrogen-bond acceptors (Lipinski definition) is 4. The number of carbonyl (C=O) groups excluding carboxylic acids is 1. The summed E-state index contributed by atoms with van der Waals surface area (Å²) in [7, 11) is -2.33. The van der Waals surface area contributed by atoms with Crippen LogP contribution in [0.1, 0.15) is 11.2 Å². The minimum atomic E-state index is -3.85. The van der Waals surface area contributed by atoms with Crippen LogP contribution in [0.25, 0.3) is 10.1 Å². The summed E-state index contributed by atoms with van der Waals surface area (Å²) in [5.74, 6) is 0.0152. The second-order valence-electron chi connectivity index (χ2n) is 6.27. The number of methoxy groups -OCH3 is 1. The molecule has 5 nitrogen and oxygen atoms in total. The second-order valence-corrected chi connectivity index (χ2v) is 10.0. The van der Waals surface area contributed by atoms with Gasteiger partial charge in [-0.2, -0.15) is 0 Å². The third-order valence-corrected chi connectivity index (χ3v) is 7.00. The Balaban J connectivity index is 2.13. The summed E-state index contributed by atoms with van der Waals surface area (Å²) < 4.78 is 18.9. The third-order valence-electron chi connectivity index (χ3n) is 4.32. The molecule has 0 saturated heterocycles. The van der Waals surface area contributed by atoms with Crippen molar-refractivity contribution in [2.45, 2.75) is 5.66 Å². The van der Waals surface area contributed by atoms with Crippen LogP contribution in [0.4, 0.5) is 5.69 Å². The predicted molar refractivity (Wildman–Crippen MR) is 116 cm³/mol. The molecular weight excluding hydrogens is 417 g/mol. The van der Waals surface area contributed by atoms with Crippen molar-refractivity contribution in [3.8, 4) is 5.75 Å². The van der Waals surface area contributed by atoms with Gasteiger partial charge in [0.25, 0.3) is 0 Å². The van der Waals surface area contributed by atoms with Crippen LogP contribution in [-0.2, 0) is 9.36 Å². The summed E-state index contributed by atoms with van der Waals surface area (Å²) in [5.41, 5.74) is -0.269. The van der Waals surface area contributed by atoms with Gasteiger partial charge in [0.1, 0.15) is 11.4 Å². The highest BCUT2D eigenvalue weighted by Crippen LogP contribution is 2.55. The lowest BCUT2D eigenvalue weighted by Gasteiger charge is -2.26. The number of rotatable bonds is 6. The molecule has 0 aliphatic carbocycles. The summed E-state index contributed by atoms with van der Waals surface area (Å²) in [6, 6.07) is 12.1. The van der Waals surface area contributed by atoms with Crippen molar-refractivity contribution in [2.75, 3.05) is 18.7 Å². The van der Waals surface area contributed by atoms with Crippen LogP contribution in [0.5, 0.6) is 5.75 Å². The fourth-order valence-corrected chi connectivity index (χ4v) is 5.55. The van der Waals surface area contributed by atoms with Crippen molar-refractivity contribution in [3.05, 3.63) is 71.2 Å². The normalized spacial score (nSPS) is 14.3. The molecule has 0 spiro atoms. The number of nitrogens with zero attached hydrogens (tertiary/aromatic N) is 1. The Morgan fingerprint density at radius 3 is 2.75 bits per heavy atom. The monoisotopic (exact) mass is 435 g/mol. The van der Waals surface area contributed by atoms with Gasteiger partial charge >= 0.3 is 0 Å². The zero-order valence-corrected chi connectivity index (χ0v) is 17.8. The van der Waals surface area contributed by atoms with E-state index in [1.165, 1.54) is 36.2 Å². The number of thiophene rings is 1. The maximum atomic E-state index is 13.4. The minimum Gasteiger partial charge on any atom is -0.497 e. The first-order valence-electron chi connectivity index (χ1n) is 8.32. The lowest BCUT2D eigenvalue weighted by Crippen LogP contribution is -2.30. The summed E-state index contributed by atoms with van der Waals surface area (Å²) in [5, 5.41) is 2.93. The van der Waals surface area contributed by atoms with Crippen LogP contribution >= 0.6 is 30.3 Å². The molecule has 0 saturated carbocycles. The first-order valence-corrected chi connectivity index (χ1v) is 11.8. The van der Waals surface area contributed by atoms with Gasteiger partial charge in [-0.3, -0.25) is 14.3 Å². The Morgan fingerprint density at radius 1 is 1.36 bits per heavy atom. The van der Waals surface area contributed by atoms with Gasteiger partial charge in [-0.15, -0.1) is 11.3 Å². The molecule has 1 heterocycles. The van der Waals surface area contributed by atoms with Gasteiger partial charge in [0.05, 0.1) is 12.8 Å². The van der Waals surface area contributed by atoms with Crippen LogP contribution < -0.4 is 9.64 Å². The molecule has 3 aromatic rings. The first-order chi connectivity index (χ1) is 13.3. The number of amides is 1. The van der Waals surface area contributed by atoms with E-state index in [-0.39, 0.29) is 0 Å². The van der Waals surface area contributed by atoms with Crippen LogP contribution in [0.2, 0.25) is 5.02 Å². The quantitative estimate of drug-likeness (QED) is 0.506. The number of hydrogen-bond donors (Lipinski definition) is 1. The van der Waals surface area contributed by atoms with Crippen molar-refractivity contribution in [1.29, 1.82) is 0 Å². The second kappa shape index (κ2) is 8.10. The van der Waals surface area contributed by atoms with Crippen LogP contribution in [0, 0.1) is 0 Å². The average Bonchev–Trinajstić information content (AvgIpc) is 3.04. The fraction of sp³-hybridized carbons (Fsp3) is 0.150. The van der Waals surface area contributed by atoms with Crippen LogP contribution in [0.15, 0.2) is 60.6 Å². The van der Waals surface area contributed by atoms with E-state index in [4.69, 9.17) is 16.3 Å². The Morgan fingerprint density at radius 2 is 2.11 bits per heavy atom. The number of fused-ring (bicyclic) bond motifs is 1. The molecular formula is C20H19ClNO4PS. The third kappa shape index (κ3) is 4.01. The molecule has 1 N–H and O–H groups in total. The highest BCUT2D eigenvalue weighted by Gasteiger charge is 2.39. The van der Waals surface area contributed by atoms with Crippen LogP contribution in [-0.4, -0.2) is 24.6 Å². The molecule has 0 bridgehead atoms. The molecule has 2 aromatic carbocycles. The number of ether oxygens (including phenoxy) is 1. The topological polar surface area (TPSA) is 66.8 Å². The van der Waals surface area contributed by atoms with Crippen molar-refractivity contribution < 1.29 is 19.0 Å². The molecule has 2 unspecified atom stereocenters. The molecule has 1 aromatic heterocycles. The molecule has 2 atom stereocenters. The van der Waals surface area contributed by atoms with Crippen molar-refractivity contribution in [1.82, 2.24) is 0 Å². The molecule has 3 rings (SSSR count). The van der Waals surface area contributed by atoms with E-state index < -0.39 is 18.9 Å². The summed E-state index contributed by atoms with van der Waals surface area (Å²) in [4.78, 5) is 25.1. The summed E-state index contributed by atoms with van der Waals surface area (Å²) in [6.45, 7) is 4.90. The molecule has 8 heteroatoms. The van der Waals surface area contributed by atoms with Crippen molar-refractivity contribution in [2.24, 2.45) is 0 Å². The summed E-state index contributed by atoms with van der Waals surface area (Å²) in [6.07, 6.45) is 1.33. The maximum Gasteiger partial charge on any atom is 0.248 e. The summed E-state index contributed by atoms with van der Waals surface area (Å²) >= 11 is 7.51. The van der Waals surface area contributed by atoms with Gasteiger partial charge in [-0.1, -0.05) is 24.2 Å². The lowest BCUT2D eigenvalue weighted by atomic mass is 10.1. The lowest BCUT2D eigenvalue weighted by molar-refractivity contribution is -0.117. The van der Waals surface area contributed by atoms with Crippen molar-refractivity contribution >= 4 is 52.0 Å². The van der Waals surface area contributed by atoms with Gasteiger partial charge < -0.3 is 9.63 Å². The van der Waals surface area contributed by atoms with Crippen molar-refractivity contribution in [3.63, 3.8) is 0 Å². The molecule has 0 aliphatic rings. The van der Waals surface area contributed by atoms with Gasteiger partial charge in [0, 0.05) is 28.7 Å². The average molecular weight is 436 g/mol. The Labute approximate surface area is 172 Å². The van der Waals surface area contributed by atoms with Gasteiger partial charge in [-0.25, -0.2) is 0 Å². The largest absolute Gasteiger partial charge is 0.497 e. The van der Waals surface area contributed by atoms with E-state index in [9.17, 15) is 14.3 Å². The van der Waals surface area contributed by atoms with E-state index in [0.717, 1.165) is 4.70 Å². The molecule has 0 fully saturated rings. The number of benzene rings is 2. The highest BCUT2D eigenvalue weighted by molar-refractivity contribution is 7.58. The van der Waals surface area contributed by atoms with Gasteiger partial charge in [-0.05, 0) is 46.7 Å². The maximum absolute atomic E-state index is 13.4. The van der Waals surface area contributed by atoms with Gasteiger partial charge in [0.2, 0.25) is 13.3 Å². The SMILES string of the molecule is C=CN(C(=O)C(c1csc2ccc(Cl)cc12)P(C)(=O)O)c1cccc(OC)c1. The molecule has 0 aliphatic heterocycles. The van der Waals surface area contributed by atoms with E-state index in [0.29, 0.717) is 27.4 Å². The fourth-order valence-electron chi connectivity index (χ4n) is 3.04. The van der Waals surface area contributed by atoms with Gasteiger partial charge in [0.15, 0.2) is 0 Å². The zero-order chi connectivity index (χ0) is 20.5. The van der Waals surface area contributed by atoms with Crippen LogP contribution in [0.3, 0.4) is 0 Å². The molecule has 0 radical (unpaired) electrons. The van der Waals surface area contributed by atoms with E-state index in [1.54, 1.807) is 41.8 Å². The van der Waals surface area contributed by atoms with E-state index >= 15 is 0 Å². The predicted octanol–water partition coefficient (Wildman–Crippen LogP) is 5.68. The Bertz CT molecular complexity index is 1090. The highest BCUT2D eigenvalue weighted by atomic mass is 35.5. The zero-order valence-electron chi connectivity index (χ0n) is 15.3. The van der Waals surface area contributed by atoms with E-state index in [1.807, 2.05) is 6.07 Å². The standard InChI is InChI=1S/C20H19ClNO4PS/c1-4-22(14-6-5-7-15(11-14)26-2)20(23)19(27(3,24)25)17-12-28-18-9-8-13(21)10-16(17)18/h4-12,19H,1H2,2-3H3,(H,24,25). The first kappa shape index (κ1) is 20.6. The number of anilines is 1. The minimum absolute atomic E-state index is 0.482. The number of carbonyl (C=O) groups is 1. The molecule has 146 valence electrons. The molecule has 28 heavy (non-hydrogen) atoms. The van der Waals surface area contributed by atoms with E-state index in [2.05, 4.69) is 6.58 Å². The Kier molecular flexibility index (Phi) is 5.96. The Hall–Kier alpha value is -2.11. The number of halogens is 1. The smallest absolute Gasteiger partial charge is 0.248 e.